The van der Waals surface area contributed by atoms with Crippen molar-refractivity contribution in [1.82, 2.24) is 0 Å². The van der Waals surface area contributed by atoms with Crippen LogP contribution in [0, 0.1) is 0 Å². The summed E-state index contributed by atoms with van der Waals surface area (Å²) in [6.45, 7) is 132. The molecule has 0 aromatic rings. The number of hydrogen-bond donors (Lipinski definition) is 0. The second-order valence-electron chi connectivity index (χ2n) is 52.5. The highest BCUT2D eigenvalue weighted by Gasteiger charge is 2.98. The van der Waals surface area contributed by atoms with Crippen LogP contribution in [-0.4, -0.2) is 588 Å². The lowest BCUT2D eigenvalue weighted by molar-refractivity contribution is 0.125. The smallest absolute Gasteiger partial charge is 0.365 e. The van der Waals surface area contributed by atoms with E-state index in [9.17, 15) is 32.9 Å². The molecular formula is C88H224O8P24Si16. The van der Waals surface area contributed by atoms with E-state index in [2.05, 4.69) is 320 Å². The third-order valence-electron chi connectivity index (χ3n) is 28.5. The average molecular weight is 2600 g/mol. The lowest BCUT2D eigenvalue weighted by Crippen LogP contribution is -3.06. The highest BCUT2D eigenvalue weighted by molar-refractivity contribution is 7.74. The highest BCUT2D eigenvalue weighted by Crippen LogP contribution is 2.70. The first-order chi connectivity index (χ1) is 62.3. The lowest BCUT2D eigenvalue weighted by Gasteiger charge is -2.77. The summed E-state index contributed by atoms with van der Waals surface area (Å²) in [4.78, 5) is 0. The van der Waals surface area contributed by atoms with Gasteiger partial charge < -0.3 is 32.9 Å². The molecule has 0 N–H and O–H groups in total. The molecule has 0 aromatic carbocycles. The molecule has 808 valence electrons. The van der Waals surface area contributed by atoms with Gasteiger partial charge in [0.05, 0.1) is 64.6 Å². The predicted octanol–water partition coefficient (Wildman–Crippen LogP) is 30.4. The summed E-state index contributed by atoms with van der Waals surface area (Å²) in [6.07, 6.45) is 0. The molecule has 4 fully saturated rings. The molecule has 48 heteroatoms. The van der Waals surface area contributed by atoms with E-state index in [1.54, 1.807) is 0 Å². The van der Waals surface area contributed by atoms with Crippen LogP contribution in [0.25, 0.3) is 0 Å². The maximum Gasteiger partial charge on any atom is 0.365 e. The fraction of sp³-hybridized carbons (Fsp3) is 1.00. The van der Waals surface area contributed by atoms with E-state index in [4.69, 9.17) is 0 Å². The third kappa shape index (κ3) is 42.3. The Labute approximate surface area is 898 Å². The van der Waals surface area contributed by atoms with E-state index < -0.39 is 129 Å². The molecule has 4 heterocycles. The molecule has 0 amide bonds. The van der Waals surface area contributed by atoms with E-state index in [0.29, 0.717) is 0 Å². The highest BCUT2D eigenvalue weighted by atomic mass is 31.2. The molecule has 136 heavy (non-hydrogen) atoms. The van der Waals surface area contributed by atoms with Crippen LogP contribution in [0.3, 0.4) is 0 Å². The van der Waals surface area contributed by atoms with E-state index >= 15 is 0 Å². The average Bonchev–Trinajstić information content (AvgIpc) is 0.629. The molecule has 4 aliphatic heterocycles. The SMILES string of the molecule is CP(C)C[Si](CC[Si]12O[Si]3(CC[Si](CP(C)C)(CP(C)C)CP(C)C)O[Si]4(CC[Si](CP(C)C)(CP(C)C)CP(C)C)O[Si](CC[Si](CP(C)C)(CP(C)C)CP(C)C)(O1)[Si]1(CC[Si](CP(C)C)(CP(C)C)CP(C)C)O[Si]2(CC[Si](CP(C)C)(CP(C)C)CP(C)C)O[Si]3(CC[Si](CP(C)C)(CP(C)C)CP(C)C)O[Si]4(CC[Si](CP(C)C)(CP(C)C)CP(C)C)O1)(CP(C)C)CP(C)C. The molecule has 0 spiro atoms. The minimum absolute atomic E-state index is 0.164. The van der Waals surface area contributed by atoms with Crippen LogP contribution < -0.4 is 0 Å². The van der Waals surface area contributed by atoms with E-state index in [1.807, 2.05) is 0 Å². The van der Waals surface area contributed by atoms with Gasteiger partial charge in [-0.05, 0) is 507 Å². The Hall–Kier alpha value is 13.5. The summed E-state index contributed by atoms with van der Waals surface area (Å²) in [5, 5.41) is 0. The molecule has 0 aromatic heterocycles. The molecule has 4 rings (SSSR count). The van der Waals surface area contributed by atoms with Crippen molar-refractivity contribution in [3.8, 4) is 0 Å². The Balaban J connectivity index is 2.62. The summed E-state index contributed by atoms with van der Waals surface area (Å²) in [6, 6.07) is 19.5. The van der Waals surface area contributed by atoms with E-state index in [0.717, 1.165) is 48.4 Å². The second-order valence-corrected chi connectivity index (χ2v) is 204. The van der Waals surface area contributed by atoms with Crippen molar-refractivity contribution < 1.29 is 32.9 Å². The largest absolute Gasteiger partial charge is 0.414 e. The van der Waals surface area contributed by atoms with Crippen LogP contribution in [0.2, 0.25) is 96.7 Å². The van der Waals surface area contributed by atoms with E-state index in [1.165, 1.54) is 187 Å². The van der Waals surface area contributed by atoms with Crippen LogP contribution in [0.1, 0.15) is 0 Å². The van der Waals surface area contributed by atoms with Crippen molar-refractivity contribution in [3.63, 3.8) is 0 Å². The minimum Gasteiger partial charge on any atom is -0.414 e. The number of fused-ring (bicyclic) bond motifs is 4. The molecule has 0 aliphatic carbocycles. The van der Waals surface area contributed by atoms with Gasteiger partial charge in [0, 0.05) is 0 Å². The molecule has 0 unspecified atom stereocenters. The number of hydrogen-bond acceptors (Lipinski definition) is 8. The van der Waals surface area contributed by atoms with Gasteiger partial charge in [-0.3, -0.25) is 0 Å². The minimum atomic E-state index is -3.96. The monoisotopic (exact) mass is 2600 g/mol. The van der Waals surface area contributed by atoms with Gasteiger partial charge in [0.2, 0.25) is 0 Å². The van der Waals surface area contributed by atoms with Crippen molar-refractivity contribution in [3.05, 3.63) is 0 Å². The molecule has 0 atom stereocenters. The lowest BCUT2D eigenvalue weighted by atomic mass is 10.9. The molecule has 4 aliphatic rings. The van der Waals surface area contributed by atoms with Crippen molar-refractivity contribution in [2.75, 3.05) is 459 Å². The van der Waals surface area contributed by atoms with Gasteiger partial charge >= 0.3 is 64.6 Å². The number of rotatable bonds is 72. The van der Waals surface area contributed by atoms with Gasteiger partial charge in [0.15, 0.2) is 0 Å². The van der Waals surface area contributed by atoms with Crippen LogP contribution in [-0.2, 0) is 32.9 Å². The summed E-state index contributed by atoms with van der Waals surface area (Å²) in [7, 11) is -52.6. The van der Waals surface area contributed by atoms with Gasteiger partial charge in [-0.1, -0.05) is 48.4 Å². The molecule has 0 bridgehead atoms. The Morgan fingerprint density at radius 1 is 0.103 bits per heavy atom. The van der Waals surface area contributed by atoms with Crippen molar-refractivity contribution in [2.24, 2.45) is 0 Å². The first kappa shape index (κ1) is 140. The molecule has 4 saturated heterocycles. The topological polar surface area (TPSA) is 73.8 Å². The first-order valence-electron chi connectivity index (χ1n) is 51.5. The zero-order valence-electron chi connectivity index (χ0n) is 98.3. The molecular weight excluding hydrogens is 2380 g/mol. The quantitative estimate of drug-likeness (QED) is 0.0441. The first-order valence-corrected chi connectivity index (χ1v) is 152. The van der Waals surface area contributed by atoms with Crippen LogP contribution in [0.15, 0.2) is 0 Å². The van der Waals surface area contributed by atoms with Gasteiger partial charge in [0.1, 0.15) is 0 Å². The van der Waals surface area contributed by atoms with Crippen molar-refractivity contribution in [2.45, 2.75) is 96.7 Å². The van der Waals surface area contributed by atoms with Crippen LogP contribution in [0.5, 0.6) is 0 Å². The second kappa shape index (κ2) is 61.3. The molecule has 0 saturated carbocycles. The van der Waals surface area contributed by atoms with Gasteiger partial charge in [0.25, 0.3) is 0 Å². The molecule has 8 nitrogen and oxygen atoms in total. The third-order valence-corrected chi connectivity index (χ3v) is 236. The molecule has 0 radical (unpaired) electrons. The summed E-state index contributed by atoms with van der Waals surface area (Å²) in [5.74, 6) is 35.7. The fourth-order valence-corrected chi connectivity index (χ4v) is 344. The predicted molar refractivity (Wildman–Crippen MR) is 745 cm³/mol. The zero-order valence-corrected chi connectivity index (χ0v) is 136. The standard InChI is InChI=1S/C88H224O8P24Si16/c1-97(2)65-121(66-98(3)4,67-99(5)6)49-57-129-89-131(59-51-123(71-103(13)14,72-104(15)16)73-105(17)18)93-135(63-55-127(83-115(37)38,84-116(39)40)85-117(41)42)94-132(90-129,60-52-124(74-106(19)20,75-107(21)22)76-108(23)24)134(62-54-126(80-112(31)32,81-113(33)34)82-114(35)36)92-130(129,58-50-122(68-100(7)8,69-101(9)10)70-102(11)12)91-133(131,61-53-125(77-109(25)26,78-110(27)28)79-111(29)30)95-136(135,96-134)64-56-128(86-118(43)44,87-119(45)46)88-120(47)48/h49-88H2,1-48H3. The van der Waals surface area contributed by atoms with Crippen LogP contribution >= 0.6 is 190 Å². The van der Waals surface area contributed by atoms with Gasteiger partial charge in [-0.2, -0.15) is 0 Å². The van der Waals surface area contributed by atoms with Crippen LogP contribution in [0.4, 0.5) is 0 Å². The normalized spacial score (nSPS) is 24.9. The maximum absolute atomic E-state index is 10.8. The summed E-state index contributed by atoms with van der Waals surface area (Å²) < 4.78 is 86.8. The van der Waals surface area contributed by atoms with Crippen molar-refractivity contribution >= 4 is 319 Å². The maximum atomic E-state index is 10.8. The summed E-state index contributed by atoms with van der Waals surface area (Å²) in [5.41, 5.74) is 0. The fourth-order valence-electron chi connectivity index (χ4n) is 28.5. The van der Waals surface area contributed by atoms with Crippen molar-refractivity contribution in [1.29, 1.82) is 0 Å². The van der Waals surface area contributed by atoms with Gasteiger partial charge in [-0.25, -0.2) is 0 Å². The Morgan fingerprint density at radius 2 is 0.154 bits per heavy atom. The summed E-state index contributed by atoms with van der Waals surface area (Å²) >= 11 is 0. The van der Waals surface area contributed by atoms with Gasteiger partial charge in [-0.15, -0.1) is 190 Å². The Bertz CT molecular complexity index is 2590. The van der Waals surface area contributed by atoms with E-state index in [-0.39, 0.29) is 190 Å². The Morgan fingerprint density at radius 3 is 0.199 bits per heavy atom. The zero-order chi connectivity index (χ0) is 104. The Kier molecular flexibility index (Phi) is 63.1.